The standard InChI is InChI=1S/C26H37N5O3.ClH/c1-18(2)34-26(33)28-24-14-19(3)31(20(4)32)25-9-8-21(15-23(24)25)22-16-27-30(17-22)13-12-29-10-6-5-7-11-29;/h8-9,15-19,24H,5-7,10-14H2,1-4H3,(H,28,33);1H/t19-,24+;/m0./s1. The average Bonchev–Trinajstić information content (AvgIpc) is 3.26. The van der Waals surface area contributed by atoms with Gasteiger partial charge in [0.05, 0.1) is 24.9 Å². The van der Waals surface area contributed by atoms with Crippen molar-refractivity contribution in [2.75, 3.05) is 24.5 Å². The van der Waals surface area contributed by atoms with Gasteiger partial charge in [-0.1, -0.05) is 12.5 Å². The number of hydrogen-bond donors (Lipinski definition) is 1. The van der Waals surface area contributed by atoms with Crippen molar-refractivity contribution in [1.29, 1.82) is 0 Å². The number of likely N-dealkylation sites (tertiary alicyclic amines) is 1. The maximum absolute atomic E-state index is 12.4. The van der Waals surface area contributed by atoms with Gasteiger partial charge in [0.1, 0.15) is 0 Å². The molecule has 4 rings (SSSR count). The first-order valence-electron chi connectivity index (χ1n) is 12.5. The Balaban J connectivity index is 0.00000342. The molecule has 1 N–H and O–H groups in total. The molecule has 2 aliphatic heterocycles. The zero-order valence-electron chi connectivity index (χ0n) is 21.2. The molecule has 1 saturated heterocycles. The fraction of sp³-hybridized carbons (Fsp3) is 0.577. The number of fused-ring (bicyclic) bond motifs is 1. The van der Waals surface area contributed by atoms with Crippen molar-refractivity contribution in [1.82, 2.24) is 20.0 Å². The van der Waals surface area contributed by atoms with Crippen molar-refractivity contribution >= 4 is 30.1 Å². The molecular formula is C26H38ClN5O3. The van der Waals surface area contributed by atoms with Crippen LogP contribution >= 0.6 is 12.4 Å². The third-order valence-corrected chi connectivity index (χ3v) is 6.71. The number of carbonyl (C=O) groups is 2. The lowest BCUT2D eigenvalue weighted by Crippen LogP contribution is -2.45. The SMILES string of the molecule is CC(=O)N1c2ccc(-c3cnn(CCN4CCCCC4)c3)cc2[C@H](NC(=O)OC(C)C)C[C@@H]1C.Cl. The summed E-state index contributed by atoms with van der Waals surface area (Å²) in [7, 11) is 0. The smallest absolute Gasteiger partial charge is 0.407 e. The molecule has 0 spiro atoms. The Morgan fingerprint density at radius 2 is 1.89 bits per heavy atom. The molecule has 1 fully saturated rings. The molecule has 35 heavy (non-hydrogen) atoms. The number of piperidine rings is 1. The molecule has 2 amide bonds. The Kier molecular flexibility index (Phi) is 9.19. The highest BCUT2D eigenvalue weighted by atomic mass is 35.5. The van der Waals surface area contributed by atoms with E-state index >= 15 is 0 Å². The van der Waals surface area contributed by atoms with E-state index in [0.717, 1.165) is 35.5 Å². The minimum Gasteiger partial charge on any atom is -0.447 e. The second-order valence-corrected chi connectivity index (χ2v) is 9.79. The lowest BCUT2D eigenvalue weighted by atomic mass is 9.89. The van der Waals surface area contributed by atoms with Gasteiger partial charge in [0.2, 0.25) is 5.91 Å². The predicted molar refractivity (Wildman–Crippen MR) is 140 cm³/mol. The van der Waals surface area contributed by atoms with E-state index in [0.29, 0.717) is 6.42 Å². The van der Waals surface area contributed by atoms with Crippen LogP contribution in [0.5, 0.6) is 0 Å². The Morgan fingerprint density at radius 3 is 2.57 bits per heavy atom. The molecule has 0 unspecified atom stereocenters. The third kappa shape index (κ3) is 6.55. The van der Waals surface area contributed by atoms with Crippen LogP contribution in [0, 0.1) is 0 Å². The van der Waals surface area contributed by atoms with E-state index < -0.39 is 6.09 Å². The maximum Gasteiger partial charge on any atom is 0.407 e. The number of ether oxygens (including phenoxy) is 1. The Bertz CT molecular complexity index is 1020. The van der Waals surface area contributed by atoms with E-state index in [9.17, 15) is 9.59 Å². The third-order valence-electron chi connectivity index (χ3n) is 6.71. The predicted octanol–water partition coefficient (Wildman–Crippen LogP) is 4.78. The summed E-state index contributed by atoms with van der Waals surface area (Å²) in [6, 6.07) is 5.82. The molecule has 2 atom stereocenters. The van der Waals surface area contributed by atoms with Gasteiger partial charge >= 0.3 is 6.09 Å². The van der Waals surface area contributed by atoms with Gasteiger partial charge in [0.15, 0.2) is 0 Å². The molecule has 1 aromatic carbocycles. The molecule has 0 saturated carbocycles. The fourth-order valence-corrected chi connectivity index (χ4v) is 5.11. The molecule has 0 bridgehead atoms. The summed E-state index contributed by atoms with van der Waals surface area (Å²) in [6.45, 7) is 11.5. The van der Waals surface area contributed by atoms with Gasteiger partial charge in [0.25, 0.3) is 0 Å². The lowest BCUT2D eigenvalue weighted by molar-refractivity contribution is -0.117. The highest BCUT2D eigenvalue weighted by Gasteiger charge is 2.34. The molecule has 1 aromatic heterocycles. The summed E-state index contributed by atoms with van der Waals surface area (Å²) in [5, 5.41) is 7.59. The van der Waals surface area contributed by atoms with Crippen LogP contribution in [0.1, 0.15) is 65.0 Å². The van der Waals surface area contributed by atoms with Crippen molar-refractivity contribution < 1.29 is 14.3 Å². The second-order valence-electron chi connectivity index (χ2n) is 9.79. The Morgan fingerprint density at radius 1 is 1.14 bits per heavy atom. The number of aromatic nitrogens is 2. The molecule has 8 nitrogen and oxygen atoms in total. The monoisotopic (exact) mass is 503 g/mol. The molecular weight excluding hydrogens is 466 g/mol. The summed E-state index contributed by atoms with van der Waals surface area (Å²) in [4.78, 5) is 29.1. The molecule has 192 valence electrons. The molecule has 0 aliphatic carbocycles. The highest BCUT2D eigenvalue weighted by molar-refractivity contribution is 5.94. The van der Waals surface area contributed by atoms with Crippen molar-refractivity contribution in [3.05, 3.63) is 36.2 Å². The van der Waals surface area contributed by atoms with Gasteiger partial charge < -0.3 is 19.9 Å². The van der Waals surface area contributed by atoms with Gasteiger partial charge in [-0.25, -0.2) is 4.79 Å². The number of anilines is 1. The first kappa shape index (κ1) is 27.0. The minimum absolute atomic E-state index is 0. The number of alkyl carbamates (subject to hydrolysis) is 1. The quantitative estimate of drug-likeness (QED) is 0.613. The van der Waals surface area contributed by atoms with Crippen LogP contribution in [0.4, 0.5) is 10.5 Å². The summed E-state index contributed by atoms with van der Waals surface area (Å²) in [5.41, 5.74) is 3.80. The van der Waals surface area contributed by atoms with Gasteiger partial charge in [-0.15, -0.1) is 12.4 Å². The zero-order valence-corrected chi connectivity index (χ0v) is 22.0. The van der Waals surface area contributed by atoms with Crippen LogP contribution in [-0.2, 0) is 16.1 Å². The van der Waals surface area contributed by atoms with E-state index in [-0.39, 0.29) is 36.5 Å². The van der Waals surface area contributed by atoms with Crippen LogP contribution in [0.2, 0.25) is 0 Å². The van der Waals surface area contributed by atoms with Crippen LogP contribution < -0.4 is 10.2 Å². The topological polar surface area (TPSA) is 79.7 Å². The Hall–Kier alpha value is -2.58. The number of rotatable bonds is 6. The van der Waals surface area contributed by atoms with Crippen molar-refractivity contribution in [3.63, 3.8) is 0 Å². The van der Waals surface area contributed by atoms with Gasteiger partial charge in [0, 0.05) is 37.0 Å². The molecule has 0 radical (unpaired) electrons. The molecule has 3 heterocycles. The summed E-state index contributed by atoms with van der Waals surface area (Å²) in [5.74, 6) is -0.00441. The fourth-order valence-electron chi connectivity index (χ4n) is 5.11. The number of halogens is 1. The molecule has 9 heteroatoms. The van der Waals surface area contributed by atoms with Crippen LogP contribution in [0.25, 0.3) is 11.1 Å². The van der Waals surface area contributed by atoms with Gasteiger partial charge in [-0.2, -0.15) is 5.10 Å². The van der Waals surface area contributed by atoms with E-state index in [1.54, 1.807) is 6.92 Å². The van der Waals surface area contributed by atoms with Crippen molar-refractivity contribution in [2.24, 2.45) is 0 Å². The van der Waals surface area contributed by atoms with Gasteiger partial charge in [-0.3, -0.25) is 9.48 Å². The first-order valence-corrected chi connectivity index (χ1v) is 12.5. The van der Waals surface area contributed by atoms with Gasteiger partial charge in [-0.05, 0) is 76.4 Å². The molecule has 2 aliphatic rings. The lowest BCUT2D eigenvalue weighted by Gasteiger charge is -2.39. The van der Waals surface area contributed by atoms with Crippen LogP contribution in [0.15, 0.2) is 30.6 Å². The zero-order chi connectivity index (χ0) is 24.2. The summed E-state index contributed by atoms with van der Waals surface area (Å²) >= 11 is 0. The van der Waals surface area contributed by atoms with Crippen molar-refractivity contribution in [2.45, 2.75) is 78.1 Å². The van der Waals surface area contributed by atoms with E-state index in [1.165, 1.54) is 32.4 Å². The highest BCUT2D eigenvalue weighted by Crippen LogP contribution is 2.39. The number of nitrogens with zero attached hydrogens (tertiary/aromatic N) is 4. The minimum atomic E-state index is -0.439. The largest absolute Gasteiger partial charge is 0.447 e. The summed E-state index contributed by atoms with van der Waals surface area (Å²) in [6.07, 6.45) is 7.87. The van der Waals surface area contributed by atoms with E-state index in [4.69, 9.17) is 4.74 Å². The average molecular weight is 504 g/mol. The Labute approximate surface area is 214 Å². The second kappa shape index (κ2) is 11.9. The normalized spacial score (nSPS) is 20.2. The summed E-state index contributed by atoms with van der Waals surface area (Å²) < 4.78 is 7.33. The number of benzene rings is 1. The van der Waals surface area contributed by atoms with E-state index in [2.05, 4.69) is 27.6 Å². The first-order chi connectivity index (χ1) is 16.3. The maximum atomic E-state index is 12.4. The molecule has 2 aromatic rings. The number of hydrogen-bond acceptors (Lipinski definition) is 5. The number of amides is 2. The van der Waals surface area contributed by atoms with Crippen LogP contribution in [-0.4, -0.2) is 58.5 Å². The van der Waals surface area contributed by atoms with E-state index in [1.807, 2.05) is 48.7 Å². The van der Waals surface area contributed by atoms with Crippen molar-refractivity contribution in [3.8, 4) is 11.1 Å². The number of carbonyl (C=O) groups excluding carboxylic acids is 2. The van der Waals surface area contributed by atoms with Crippen LogP contribution in [0.3, 0.4) is 0 Å². The number of nitrogens with one attached hydrogen (secondary N) is 1.